The summed E-state index contributed by atoms with van der Waals surface area (Å²) in [6, 6.07) is 0.721. The van der Waals surface area contributed by atoms with Crippen molar-refractivity contribution in [2.45, 2.75) is 19.4 Å². The first-order valence-corrected chi connectivity index (χ1v) is 5.40. The minimum absolute atomic E-state index is 0.721. The first-order valence-electron chi connectivity index (χ1n) is 4.77. The van der Waals surface area contributed by atoms with Gasteiger partial charge in [-0.15, -0.1) is 0 Å². The summed E-state index contributed by atoms with van der Waals surface area (Å²) < 4.78 is 0. The molecule has 1 atom stereocenters. The Bertz CT molecular complexity index is 128. The fraction of sp³-hybridized carbons (Fsp3) is 1.00. The molecule has 0 aromatic carbocycles. The van der Waals surface area contributed by atoms with Crippen molar-refractivity contribution in [2.75, 3.05) is 39.0 Å². The van der Waals surface area contributed by atoms with Crippen LogP contribution in [0.4, 0.5) is 0 Å². The summed E-state index contributed by atoms with van der Waals surface area (Å²) in [4.78, 5) is 4.97. The van der Waals surface area contributed by atoms with Crippen molar-refractivity contribution >= 4 is 12.6 Å². The Labute approximate surface area is 81.3 Å². The molecule has 1 heterocycles. The van der Waals surface area contributed by atoms with Crippen LogP contribution in [0.15, 0.2) is 0 Å². The highest BCUT2D eigenvalue weighted by molar-refractivity contribution is 7.80. The first kappa shape index (κ1) is 10.4. The molecular formula is C9H20N2S. The Morgan fingerprint density at radius 3 is 2.75 bits per heavy atom. The SMILES string of the molecule is CC1CN(CCCS)CCN1C. The maximum Gasteiger partial charge on any atom is 0.0192 e. The zero-order valence-electron chi connectivity index (χ0n) is 8.16. The van der Waals surface area contributed by atoms with E-state index in [0.717, 1.165) is 11.8 Å². The van der Waals surface area contributed by atoms with Gasteiger partial charge in [0.05, 0.1) is 0 Å². The fourth-order valence-corrected chi connectivity index (χ4v) is 1.76. The predicted octanol–water partition coefficient (Wildman–Crippen LogP) is 0.942. The van der Waals surface area contributed by atoms with Crippen LogP contribution in [-0.2, 0) is 0 Å². The van der Waals surface area contributed by atoms with Crippen LogP contribution in [0.25, 0.3) is 0 Å². The van der Waals surface area contributed by atoms with E-state index in [1.54, 1.807) is 0 Å². The van der Waals surface area contributed by atoms with Gasteiger partial charge in [0.1, 0.15) is 0 Å². The van der Waals surface area contributed by atoms with Gasteiger partial charge in [-0.25, -0.2) is 0 Å². The normalized spacial score (nSPS) is 27.8. The predicted molar refractivity (Wildman–Crippen MR) is 57.0 cm³/mol. The van der Waals surface area contributed by atoms with Gasteiger partial charge in [0.25, 0.3) is 0 Å². The van der Waals surface area contributed by atoms with Crippen molar-refractivity contribution < 1.29 is 0 Å². The second-order valence-corrected chi connectivity index (χ2v) is 4.15. The van der Waals surface area contributed by atoms with E-state index in [0.29, 0.717) is 0 Å². The third-order valence-corrected chi connectivity index (χ3v) is 2.99. The Hall–Kier alpha value is 0.270. The molecule has 0 N–H and O–H groups in total. The van der Waals surface area contributed by atoms with Crippen LogP contribution in [0, 0.1) is 0 Å². The molecule has 0 aromatic rings. The van der Waals surface area contributed by atoms with Crippen LogP contribution >= 0.6 is 12.6 Å². The molecule has 0 radical (unpaired) electrons. The average Bonchev–Trinajstić information content (AvgIpc) is 2.07. The Morgan fingerprint density at radius 1 is 1.42 bits per heavy atom. The van der Waals surface area contributed by atoms with Crippen molar-refractivity contribution in [1.82, 2.24) is 9.80 Å². The molecule has 0 saturated carbocycles. The lowest BCUT2D eigenvalue weighted by atomic mass is 10.2. The van der Waals surface area contributed by atoms with E-state index >= 15 is 0 Å². The molecule has 1 aliphatic heterocycles. The fourth-order valence-electron chi connectivity index (χ4n) is 1.62. The van der Waals surface area contributed by atoms with Crippen molar-refractivity contribution in [2.24, 2.45) is 0 Å². The highest BCUT2D eigenvalue weighted by atomic mass is 32.1. The molecule has 0 aromatic heterocycles. The first-order chi connectivity index (χ1) is 5.74. The third kappa shape index (κ3) is 2.96. The van der Waals surface area contributed by atoms with Gasteiger partial charge in [0, 0.05) is 25.7 Å². The smallest absolute Gasteiger partial charge is 0.0192 e. The van der Waals surface area contributed by atoms with Crippen molar-refractivity contribution in [3.05, 3.63) is 0 Å². The van der Waals surface area contributed by atoms with E-state index in [9.17, 15) is 0 Å². The lowest BCUT2D eigenvalue weighted by Gasteiger charge is -2.37. The second kappa shape index (κ2) is 5.10. The van der Waals surface area contributed by atoms with Crippen LogP contribution in [0.2, 0.25) is 0 Å². The van der Waals surface area contributed by atoms with Crippen LogP contribution in [-0.4, -0.2) is 54.8 Å². The van der Waals surface area contributed by atoms with Gasteiger partial charge in [0.15, 0.2) is 0 Å². The minimum atomic E-state index is 0.721. The molecule has 1 fully saturated rings. The molecule has 1 aliphatic rings. The molecule has 3 heteroatoms. The lowest BCUT2D eigenvalue weighted by Crippen LogP contribution is -2.50. The molecule has 0 spiro atoms. The summed E-state index contributed by atoms with van der Waals surface area (Å²) in [5.41, 5.74) is 0. The third-order valence-electron chi connectivity index (χ3n) is 2.68. The average molecular weight is 188 g/mol. The second-order valence-electron chi connectivity index (χ2n) is 3.71. The summed E-state index contributed by atoms with van der Waals surface area (Å²) in [6.45, 7) is 7.20. The van der Waals surface area contributed by atoms with E-state index in [4.69, 9.17) is 0 Å². The lowest BCUT2D eigenvalue weighted by molar-refractivity contribution is 0.106. The molecule has 12 heavy (non-hydrogen) atoms. The van der Waals surface area contributed by atoms with Crippen LogP contribution in [0.3, 0.4) is 0 Å². The zero-order valence-corrected chi connectivity index (χ0v) is 9.06. The van der Waals surface area contributed by atoms with Gasteiger partial charge >= 0.3 is 0 Å². The largest absolute Gasteiger partial charge is 0.301 e. The van der Waals surface area contributed by atoms with Crippen LogP contribution in [0.1, 0.15) is 13.3 Å². The summed E-state index contributed by atoms with van der Waals surface area (Å²) in [7, 11) is 2.21. The molecule has 0 bridgehead atoms. The summed E-state index contributed by atoms with van der Waals surface area (Å²) >= 11 is 4.22. The van der Waals surface area contributed by atoms with Gasteiger partial charge < -0.3 is 9.80 Å². The summed E-state index contributed by atoms with van der Waals surface area (Å²) in [5, 5.41) is 0. The van der Waals surface area contributed by atoms with E-state index in [1.165, 1.54) is 32.6 Å². The molecule has 72 valence electrons. The summed E-state index contributed by atoms with van der Waals surface area (Å²) in [6.07, 6.45) is 1.22. The quantitative estimate of drug-likeness (QED) is 0.659. The monoisotopic (exact) mass is 188 g/mol. The maximum absolute atomic E-state index is 4.22. The topological polar surface area (TPSA) is 6.48 Å². The molecular weight excluding hydrogens is 168 g/mol. The zero-order chi connectivity index (χ0) is 8.97. The van der Waals surface area contributed by atoms with Gasteiger partial charge in [-0.3, -0.25) is 0 Å². The number of nitrogens with zero attached hydrogens (tertiary/aromatic N) is 2. The van der Waals surface area contributed by atoms with E-state index in [2.05, 4.69) is 36.4 Å². The van der Waals surface area contributed by atoms with E-state index in [-0.39, 0.29) is 0 Å². The Kier molecular flexibility index (Phi) is 4.40. The maximum atomic E-state index is 4.22. The standard InChI is InChI=1S/C9H20N2S/c1-9-8-11(4-3-7-12)6-5-10(9)2/h9,12H,3-8H2,1-2H3. The molecule has 0 aliphatic carbocycles. The molecule has 0 amide bonds. The minimum Gasteiger partial charge on any atom is -0.301 e. The van der Waals surface area contributed by atoms with Gasteiger partial charge in [-0.1, -0.05) is 0 Å². The summed E-state index contributed by atoms with van der Waals surface area (Å²) in [5.74, 6) is 1.01. The molecule has 1 saturated heterocycles. The molecule has 2 nitrogen and oxygen atoms in total. The van der Waals surface area contributed by atoms with Gasteiger partial charge in [-0.05, 0) is 32.7 Å². The van der Waals surface area contributed by atoms with Crippen molar-refractivity contribution in [1.29, 1.82) is 0 Å². The van der Waals surface area contributed by atoms with Crippen LogP contribution < -0.4 is 0 Å². The number of hydrogen-bond donors (Lipinski definition) is 1. The molecule has 1 rings (SSSR count). The van der Waals surface area contributed by atoms with E-state index < -0.39 is 0 Å². The van der Waals surface area contributed by atoms with Gasteiger partial charge in [-0.2, -0.15) is 12.6 Å². The van der Waals surface area contributed by atoms with Crippen molar-refractivity contribution in [3.63, 3.8) is 0 Å². The molecule has 1 unspecified atom stereocenters. The van der Waals surface area contributed by atoms with Gasteiger partial charge in [0.2, 0.25) is 0 Å². The number of thiol groups is 1. The van der Waals surface area contributed by atoms with Crippen LogP contribution in [0.5, 0.6) is 0 Å². The van der Waals surface area contributed by atoms with Crippen molar-refractivity contribution in [3.8, 4) is 0 Å². The Balaban J connectivity index is 2.21. The highest BCUT2D eigenvalue weighted by Gasteiger charge is 2.19. The number of likely N-dealkylation sites (N-methyl/N-ethyl adjacent to an activating group) is 1. The Morgan fingerprint density at radius 2 is 2.17 bits per heavy atom. The number of rotatable bonds is 3. The highest BCUT2D eigenvalue weighted by Crippen LogP contribution is 2.07. The number of piperazine rings is 1. The van der Waals surface area contributed by atoms with E-state index in [1.807, 2.05) is 0 Å². The number of hydrogen-bond acceptors (Lipinski definition) is 3.